The van der Waals surface area contributed by atoms with E-state index in [1.807, 2.05) is 12.2 Å². The number of nitrogens with two attached hydrogens (primary N) is 1. The van der Waals surface area contributed by atoms with E-state index >= 15 is 0 Å². The first-order valence-corrected chi connectivity index (χ1v) is 11.3. The third kappa shape index (κ3) is 4.43. The van der Waals surface area contributed by atoms with E-state index in [0.29, 0.717) is 18.7 Å². The third-order valence-corrected chi connectivity index (χ3v) is 6.14. The minimum Gasteiger partial charge on any atom is -0.493 e. The molecule has 1 aliphatic carbocycles. The van der Waals surface area contributed by atoms with Gasteiger partial charge in [-0.1, -0.05) is 56.3 Å². The van der Waals surface area contributed by atoms with Gasteiger partial charge in [-0.15, -0.1) is 0 Å². The van der Waals surface area contributed by atoms with Crippen molar-refractivity contribution in [3.63, 3.8) is 0 Å². The molecule has 3 aliphatic rings. The van der Waals surface area contributed by atoms with Crippen LogP contribution in [0.25, 0.3) is 0 Å². The number of aliphatic imine (C=N–C) groups is 1. The predicted octanol–water partition coefficient (Wildman–Crippen LogP) is 4.46. The highest BCUT2D eigenvalue weighted by atomic mass is 19.4. The molecule has 2 aliphatic heterocycles. The minimum absolute atomic E-state index is 0.0508. The van der Waals surface area contributed by atoms with Gasteiger partial charge in [-0.05, 0) is 24.6 Å². The van der Waals surface area contributed by atoms with Crippen molar-refractivity contribution in [3.05, 3.63) is 41.5 Å². The molecule has 1 saturated carbocycles. The molecule has 178 valence electrons. The monoisotopic (exact) mass is 463 g/mol. The van der Waals surface area contributed by atoms with Crippen LogP contribution in [-0.2, 0) is 11.0 Å². The minimum atomic E-state index is -4.58. The summed E-state index contributed by atoms with van der Waals surface area (Å²) in [7, 11) is 0. The molecule has 0 aromatic heterocycles. The number of rotatable bonds is 9. The van der Waals surface area contributed by atoms with Crippen LogP contribution in [-0.4, -0.2) is 47.2 Å². The highest BCUT2D eigenvalue weighted by molar-refractivity contribution is 6.25. The maximum atomic E-state index is 13.7. The largest absolute Gasteiger partial charge is 0.493 e. The Hall–Kier alpha value is -3.04. The molecular formula is C23H28F3N5O2. The van der Waals surface area contributed by atoms with Gasteiger partial charge in [-0.25, -0.2) is 4.99 Å². The molecule has 1 aromatic rings. The first-order chi connectivity index (χ1) is 15.8. The number of alkyl halides is 3. The number of fused-ring (bicyclic) bond motifs is 3. The fourth-order valence-corrected chi connectivity index (χ4v) is 4.34. The van der Waals surface area contributed by atoms with E-state index in [9.17, 15) is 13.2 Å². The van der Waals surface area contributed by atoms with E-state index in [1.165, 1.54) is 18.6 Å². The highest BCUT2D eigenvalue weighted by Crippen LogP contribution is 2.47. The maximum Gasteiger partial charge on any atom is 0.419 e. The molecule has 0 saturated heterocycles. The van der Waals surface area contributed by atoms with Gasteiger partial charge in [0.15, 0.2) is 11.8 Å². The second-order valence-electron chi connectivity index (χ2n) is 8.45. The molecule has 1 aromatic carbocycles. The van der Waals surface area contributed by atoms with Crippen molar-refractivity contribution in [1.29, 1.82) is 5.41 Å². The molecule has 0 bridgehead atoms. The Balaban J connectivity index is 1.47. The Morgan fingerprint density at radius 1 is 1.27 bits per heavy atom. The lowest BCUT2D eigenvalue weighted by molar-refractivity contribution is -0.139. The number of halogens is 3. The molecule has 7 nitrogen and oxygen atoms in total. The number of guanidine groups is 1. The van der Waals surface area contributed by atoms with Crippen LogP contribution in [0.1, 0.15) is 56.6 Å². The number of benzene rings is 1. The second-order valence-corrected chi connectivity index (χ2v) is 8.45. The molecule has 10 heteroatoms. The second kappa shape index (κ2) is 9.07. The van der Waals surface area contributed by atoms with Gasteiger partial charge in [-0.3, -0.25) is 5.41 Å². The van der Waals surface area contributed by atoms with Crippen molar-refractivity contribution in [3.8, 4) is 5.75 Å². The van der Waals surface area contributed by atoms with Gasteiger partial charge < -0.3 is 20.2 Å². The first kappa shape index (κ1) is 23.1. The van der Waals surface area contributed by atoms with E-state index in [0.717, 1.165) is 31.7 Å². The lowest BCUT2D eigenvalue weighted by atomic mass is 10.1. The number of nitrogens with zero attached hydrogens (tertiary/aromatic N) is 3. The summed E-state index contributed by atoms with van der Waals surface area (Å²) in [6.07, 6.45) is 4.76. The normalized spacial score (nSPS) is 23.2. The molecule has 3 N–H and O–H groups in total. The number of ether oxygens (including phenoxy) is 1. The summed E-state index contributed by atoms with van der Waals surface area (Å²) in [5, 5.41) is 11.7. The van der Waals surface area contributed by atoms with Crippen LogP contribution in [0, 0.1) is 5.41 Å². The summed E-state index contributed by atoms with van der Waals surface area (Å²) in [4.78, 5) is 11.6. The Morgan fingerprint density at radius 3 is 2.76 bits per heavy atom. The quantitative estimate of drug-likeness (QED) is 0.245. The molecule has 0 radical (unpaired) electrons. The zero-order valence-electron chi connectivity index (χ0n) is 18.5. The smallest absolute Gasteiger partial charge is 0.419 e. The van der Waals surface area contributed by atoms with Crippen molar-refractivity contribution >= 4 is 17.5 Å². The molecule has 1 fully saturated rings. The molecule has 4 rings (SSSR count). The SMILES string of the molecule is CCCCCCCCOc1ccc(C2=NOC3C(=N2)C32C=CCN2C(=N)N)cc1C(F)(F)F. The summed E-state index contributed by atoms with van der Waals surface area (Å²) in [5.74, 6) is -0.282. The summed E-state index contributed by atoms with van der Waals surface area (Å²) in [6, 6.07) is 3.80. The summed E-state index contributed by atoms with van der Waals surface area (Å²) >= 11 is 0. The average molecular weight is 464 g/mol. The number of oxime groups is 1. The van der Waals surface area contributed by atoms with Crippen LogP contribution < -0.4 is 10.5 Å². The third-order valence-electron chi connectivity index (χ3n) is 6.14. The van der Waals surface area contributed by atoms with Crippen LogP contribution in [0.3, 0.4) is 0 Å². The van der Waals surface area contributed by atoms with Crippen molar-refractivity contribution in [1.82, 2.24) is 4.90 Å². The lowest BCUT2D eigenvalue weighted by Crippen LogP contribution is -2.44. The van der Waals surface area contributed by atoms with Gasteiger partial charge in [0.05, 0.1) is 12.2 Å². The van der Waals surface area contributed by atoms with E-state index < -0.39 is 23.4 Å². The standard InChI is InChI=1S/C23H28F3N5O2/c1-2-3-4-5-6-7-13-32-17-10-9-15(14-16(17)23(24,25)26)20-29-18-19(33-30-20)22(18)11-8-12-31(22)21(27)28/h8-11,14,19H,2-7,12-13H2,1H3,(H3,27,28). The zero-order chi connectivity index (χ0) is 23.6. The Kier molecular flexibility index (Phi) is 6.36. The number of unbranched alkanes of at least 4 members (excludes halogenated alkanes) is 5. The number of hydrogen-bond donors (Lipinski definition) is 2. The van der Waals surface area contributed by atoms with Gasteiger partial charge in [-0.2, -0.15) is 13.2 Å². The average Bonchev–Trinajstić information content (AvgIpc) is 3.17. The molecule has 33 heavy (non-hydrogen) atoms. The lowest BCUT2D eigenvalue weighted by Gasteiger charge is -2.22. The fraction of sp³-hybridized carbons (Fsp3) is 0.522. The van der Waals surface area contributed by atoms with Crippen LogP contribution in [0.15, 0.2) is 40.5 Å². The van der Waals surface area contributed by atoms with E-state index in [1.54, 1.807) is 4.90 Å². The molecule has 2 unspecified atom stereocenters. The van der Waals surface area contributed by atoms with Crippen LogP contribution in [0.2, 0.25) is 0 Å². The summed E-state index contributed by atoms with van der Waals surface area (Å²) in [5.41, 5.74) is 4.78. The van der Waals surface area contributed by atoms with Gasteiger partial charge in [0.25, 0.3) is 0 Å². The van der Waals surface area contributed by atoms with Gasteiger partial charge in [0.1, 0.15) is 17.0 Å². The molecule has 2 heterocycles. The van der Waals surface area contributed by atoms with Crippen LogP contribution >= 0.6 is 0 Å². The number of hydrogen-bond acceptors (Lipinski definition) is 5. The molecular weight excluding hydrogens is 435 g/mol. The van der Waals surface area contributed by atoms with Gasteiger partial charge in [0, 0.05) is 12.1 Å². The van der Waals surface area contributed by atoms with E-state index in [2.05, 4.69) is 17.1 Å². The highest BCUT2D eigenvalue weighted by Gasteiger charge is 2.70. The summed E-state index contributed by atoms with van der Waals surface area (Å²) in [6.45, 7) is 2.81. The predicted molar refractivity (Wildman–Crippen MR) is 120 cm³/mol. The molecule has 2 atom stereocenters. The van der Waals surface area contributed by atoms with Crippen molar-refractivity contribution < 1.29 is 22.7 Å². The van der Waals surface area contributed by atoms with Crippen molar-refractivity contribution in [2.75, 3.05) is 13.2 Å². The van der Waals surface area contributed by atoms with Crippen molar-refractivity contribution in [2.45, 2.75) is 63.3 Å². The Labute approximate surface area is 190 Å². The Bertz CT molecular complexity index is 1000. The van der Waals surface area contributed by atoms with E-state index in [-0.39, 0.29) is 29.7 Å². The topological polar surface area (TPSA) is 96.3 Å². The zero-order valence-corrected chi connectivity index (χ0v) is 18.5. The van der Waals surface area contributed by atoms with Crippen LogP contribution in [0.5, 0.6) is 5.75 Å². The van der Waals surface area contributed by atoms with Gasteiger partial charge >= 0.3 is 6.18 Å². The maximum absolute atomic E-state index is 13.7. The van der Waals surface area contributed by atoms with Gasteiger partial charge in [0.2, 0.25) is 6.10 Å². The first-order valence-electron chi connectivity index (χ1n) is 11.3. The molecule has 0 amide bonds. The Morgan fingerprint density at radius 2 is 2.03 bits per heavy atom. The van der Waals surface area contributed by atoms with E-state index in [4.69, 9.17) is 20.7 Å². The summed E-state index contributed by atoms with van der Waals surface area (Å²) < 4.78 is 46.7. The van der Waals surface area contributed by atoms with Crippen LogP contribution in [0.4, 0.5) is 13.2 Å². The number of nitrogens with one attached hydrogen (secondary N) is 1. The molecule has 1 spiro atoms. The number of amidine groups is 1. The fourth-order valence-electron chi connectivity index (χ4n) is 4.34. The van der Waals surface area contributed by atoms with Crippen molar-refractivity contribution in [2.24, 2.45) is 15.9 Å².